The van der Waals surface area contributed by atoms with Crippen LogP contribution in [0.5, 0.6) is 0 Å². The summed E-state index contributed by atoms with van der Waals surface area (Å²) in [6.45, 7) is 11.6. The van der Waals surface area contributed by atoms with Gasteiger partial charge in [-0.25, -0.2) is 0 Å². The second-order valence-electron chi connectivity index (χ2n) is 5.01. The fourth-order valence-corrected chi connectivity index (χ4v) is 2.92. The quantitative estimate of drug-likeness (QED) is 0.669. The summed E-state index contributed by atoms with van der Waals surface area (Å²) >= 11 is 0. The average Bonchev–Trinajstić information content (AvgIpc) is 2.19. The van der Waals surface area contributed by atoms with Gasteiger partial charge in [0.15, 0.2) is 0 Å². The van der Waals surface area contributed by atoms with Gasteiger partial charge in [-0.1, -0.05) is 40.5 Å². The molecule has 90 valence electrons. The lowest BCUT2D eigenvalue weighted by Gasteiger charge is -2.44. The van der Waals surface area contributed by atoms with Crippen molar-refractivity contribution in [3.05, 3.63) is 0 Å². The summed E-state index contributed by atoms with van der Waals surface area (Å²) in [5.74, 6) is 1.95. The highest BCUT2D eigenvalue weighted by molar-refractivity contribution is 4.85. The number of nitrogens with zero attached hydrogens (tertiary/aromatic N) is 1. The van der Waals surface area contributed by atoms with Crippen LogP contribution in [0.4, 0.5) is 0 Å². The molecular formula is C14H29N. The molecule has 1 saturated carbocycles. The van der Waals surface area contributed by atoms with E-state index in [2.05, 4.69) is 18.7 Å². The van der Waals surface area contributed by atoms with Gasteiger partial charge in [0, 0.05) is 12.6 Å². The zero-order chi connectivity index (χ0) is 11.3. The molecule has 2 fully saturated rings. The summed E-state index contributed by atoms with van der Waals surface area (Å²) in [6, 6.07) is 0.972. The largest absolute Gasteiger partial charge is 0.300 e. The smallest absolute Gasteiger partial charge is 0.00953 e. The normalized spacial score (nSPS) is 32.8. The molecule has 1 aliphatic carbocycles. The number of hydrogen-bond acceptors (Lipinski definition) is 1. The molecule has 0 spiro atoms. The Morgan fingerprint density at radius 3 is 2.20 bits per heavy atom. The van der Waals surface area contributed by atoms with E-state index in [0.29, 0.717) is 0 Å². The van der Waals surface area contributed by atoms with Crippen LogP contribution in [0.2, 0.25) is 0 Å². The van der Waals surface area contributed by atoms with Crippen LogP contribution in [0.25, 0.3) is 0 Å². The second kappa shape index (κ2) is 6.52. The minimum atomic E-state index is 0.944. The van der Waals surface area contributed by atoms with Crippen LogP contribution in [-0.4, -0.2) is 24.0 Å². The molecule has 1 heteroatoms. The first-order valence-corrected chi connectivity index (χ1v) is 7.05. The maximum Gasteiger partial charge on any atom is 0.00953 e. The van der Waals surface area contributed by atoms with Crippen LogP contribution in [0.15, 0.2) is 0 Å². The van der Waals surface area contributed by atoms with Crippen LogP contribution in [0.1, 0.15) is 59.8 Å². The number of piperidine rings is 1. The molecule has 1 nitrogen and oxygen atoms in total. The predicted octanol–water partition coefficient (Wildman–Crippen LogP) is 3.93. The van der Waals surface area contributed by atoms with E-state index < -0.39 is 0 Å². The molecule has 15 heavy (non-hydrogen) atoms. The molecule has 2 rings (SSSR count). The van der Waals surface area contributed by atoms with Crippen molar-refractivity contribution >= 4 is 0 Å². The molecule has 0 bridgehead atoms. The van der Waals surface area contributed by atoms with Gasteiger partial charge in [-0.05, 0) is 37.6 Å². The van der Waals surface area contributed by atoms with Gasteiger partial charge in [0.25, 0.3) is 0 Å². The summed E-state index contributed by atoms with van der Waals surface area (Å²) in [4.78, 5) is 2.75. The van der Waals surface area contributed by atoms with E-state index in [9.17, 15) is 0 Å². The Hall–Kier alpha value is -0.0400. The van der Waals surface area contributed by atoms with Gasteiger partial charge in [-0.2, -0.15) is 0 Å². The SMILES string of the molecule is CC.CC[C@H]1CCN(C2CCC2)C[C@H]1C. The number of likely N-dealkylation sites (tertiary alicyclic amines) is 1. The van der Waals surface area contributed by atoms with Crippen molar-refractivity contribution in [2.24, 2.45) is 11.8 Å². The maximum atomic E-state index is 2.75. The molecule has 2 aliphatic rings. The lowest BCUT2D eigenvalue weighted by atomic mass is 9.82. The Morgan fingerprint density at radius 2 is 1.80 bits per heavy atom. The first-order chi connectivity index (χ1) is 7.31. The van der Waals surface area contributed by atoms with Crippen LogP contribution in [0.3, 0.4) is 0 Å². The lowest BCUT2D eigenvalue weighted by Crippen LogP contribution is -2.47. The first kappa shape index (κ1) is 13.0. The summed E-state index contributed by atoms with van der Waals surface area (Å²) in [7, 11) is 0. The summed E-state index contributed by atoms with van der Waals surface area (Å²) in [5, 5.41) is 0. The first-order valence-electron chi connectivity index (χ1n) is 7.05. The zero-order valence-corrected chi connectivity index (χ0v) is 11.1. The standard InChI is InChI=1S/C12H23N.C2H6/c1-3-11-7-8-13(9-10(11)2)12-5-4-6-12;1-2/h10-12H,3-9H2,1-2H3;1-2H3/t10-,11+;/m1./s1. The molecule has 0 aromatic heterocycles. The highest BCUT2D eigenvalue weighted by atomic mass is 15.2. The summed E-state index contributed by atoms with van der Waals surface area (Å²) < 4.78 is 0. The molecule has 2 atom stereocenters. The number of hydrogen-bond donors (Lipinski definition) is 0. The maximum absolute atomic E-state index is 2.75. The third-order valence-corrected chi connectivity index (χ3v) is 4.23. The highest BCUT2D eigenvalue weighted by Crippen LogP contribution is 2.32. The molecule has 0 amide bonds. The van der Waals surface area contributed by atoms with Gasteiger partial charge in [0.1, 0.15) is 0 Å². The van der Waals surface area contributed by atoms with Gasteiger partial charge < -0.3 is 4.90 Å². The van der Waals surface area contributed by atoms with Crippen molar-refractivity contribution in [3.63, 3.8) is 0 Å². The van der Waals surface area contributed by atoms with Crippen LogP contribution in [-0.2, 0) is 0 Å². The highest BCUT2D eigenvalue weighted by Gasteiger charge is 2.31. The van der Waals surface area contributed by atoms with Crippen LogP contribution >= 0.6 is 0 Å². The minimum absolute atomic E-state index is 0.944. The van der Waals surface area contributed by atoms with Crippen LogP contribution in [0, 0.1) is 11.8 Å². The van der Waals surface area contributed by atoms with Crippen LogP contribution < -0.4 is 0 Å². The molecule has 0 radical (unpaired) electrons. The third kappa shape index (κ3) is 3.21. The second-order valence-corrected chi connectivity index (χ2v) is 5.01. The lowest BCUT2D eigenvalue weighted by molar-refractivity contribution is 0.0521. The fourth-order valence-electron chi connectivity index (χ4n) is 2.92. The van der Waals surface area contributed by atoms with Crippen molar-refractivity contribution in [1.82, 2.24) is 4.90 Å². The van der Waals surface area contributed by atoms with E-state index in [1.54, 1.807) is 0 Å². The van der Waals surface area contributed by atoms with Crippen molar-refractivity contribution < 1.29 is 0 Å². The molecule has 0 unspecified atom stereocenters. The minimum Gasteiger partial charge on any atom is -0.300 e. The zero-order valence-electron chi connectivity index (χ0n) is 11.1. The van der Waals surface area contributed by atoms with Gasteiger partial charge >= 0.3 is 0 Å². The monoisotopic (exact) mass is 211 g/mol. The van der Waals surface area contributed by atoms with E-state index >= 15 is 0 Å². The third-order valence-electron chi connectivity index (χ3n) is 4.23. The molecule has 1 heterocycles. The van der Waals surface area contributed by atoms with Gasteiger partial charge in [0.05, 0.1) is 0 Å². The van der Waals surface area contributed by atoms with E-state index in [4.69, 9.17) is 0 Å². The van der Waals surface area contributed by atoms with Crippen molar-refractivity contribution in [2.45, 2.75) is 65.8 Å². The average molecular weight is 211 g/mol. The fraction of sp³-hybridized carbons (Fsp3) is 1.00. The van der Waals surface area contributed by atoms with E-state index in [1.807, 2.05) is 13.8 Å². The van der Waals surface area contributed by atoms with Gasteiger partial charge in [0.2, 0.25) is 0 Å². The Kier molecular flexibility index (Phi) is 5.66. The molecule has 0 N–H and O–H groups in total. The van der Waals surface area contributed by atoms with Crippen molar-refractivity contribution in [1.29, 1.82) is 0 Å². The molecule has 1 saturated heterocycles. The Labute approximate surface area is 96.2 Å². The summed E-state index contributed by atoms with van der Waals surface area (Å²) in [5.41, 5.74) is 0. The molecule has 1 aliphatic heterocycles. The van der Waals surface area contributed by atoms with Crippen molar-refractivity contribution in [2.75, 3.05) is 13.1 Å². The van der Waals surface area contributed by atoms with Gasteiger partial charge in [-0.15, -0.1) is 0 Å². The van der Waals surface area contributed by atoms with E-state index in [-0.39, 0.29) is 0 Å². The van der Waals surface area contributed by atoms with E-state index in [0.717, 1.165) is 17.9 Å². The Morgan fingerprint density at radius 1 is 1.13 bits per heavy atom. The van der Waals surface area contributed by atoms with E-state index in [1.165, 1.54) is 45.2 Å². The molecular weight excluding hydrogens is 182 g/mol. The summed E-state index contributed by atoms with van der Waals surface area (Å²) in [6.07, 6.45) is 7.27. The topological polar surface area (TPSA) is 3.24 Å². The number of rotatable bonds is 2. The predicted molar refractivity (Wildman–Crippen MR) is 68.1 cm³/mol. The Bertz CT molecular complexity index is 163. The van der Waals surface area contributed by atoms with Gasteiger partial charge in [-0.3, -0.25) is 0 Å². The molecule has 0 aromatic carbocycles. The van der Waals surface area contributed by atoms with Crippen molar-refractivity contribution in [3.8, 4) is 0 Å². The Balaban J connectivity index is 0.000000531. The molecule has 0 aromatic rings.